The predicted molar refractivity (Wildman–Crippen MR) is 144 cm³/mol. The molecule has 0 aliphatic heterocycles. The van der Waals surface area contributed by atoms with Gasteiger partial charge in [0, 0.05) is 17.1 Å². The summed E-state index contributed by atoms with van der Waals surface area (Å²) in [6.45, 7) is 5.78. The lowest BCUT2D eigenvalue weighted by Gasteiger charge is -2.25. The average molecular weight is 531 g/mol. The zero-order valence-corrected chi connectivity index (χ0v) is 21.7. The van der Waals surface area contributed by atoms with Gasteiger partial charge in [0.15, 0.2) is 5.76 Å². The van der Waals surface area contributed by atoms with Crippen molar-refractivity contribution < 1.29 is 9.21 Å². The summed E-state index contributed by atoms with van der Waals surface area (Å²) >= 11 is 3.49. The SMILES string of the molecule is CC(C)N(Cc1ccc(Br)cc1)Cc1ccc(C(=O)NC(Cc2ccccc2)c2ccccc2)o1. The van der Waals surface area contributed by atoms with Gasteiger partial charge in [-0.3, -0.25) is 9.69 Å². The molecule has 4 rings (SSSR count). The number of amides is 1. The zero-order valence-electron chi connectivity index (χ0n) is 20.2. The number of nitrogens with one attached hydrogen (secondary N) is 1. The van der Waals surface area contributed by atoms with Crippen LogP contribution in [-0.2, 0) is 19.5 Å². The Labute approximate surface area is 216 Å². The Hall–Kier alpha value is -3.15. The van der Waals surface area contributed by atoms with E-state index in [0.717, 1.165) is 22.3 Å². The first-order valence-electron chi connectivity index (χ1n) is 11.9. The number of rotatable bonds is 10. The van der Waals surface area contributed by atoms with Gasteiger partial charge in [-0.1, -0.05) is 88.7 Å². The van der Waals surface area contributed by atoms with E-state index >= 15 is 0 Å². The van der Waals surface area contributed by atoms with Crippen molar-refractivity contribution >= 4 is 21.8 Å². The van der Waals surface area contributed by atoms with Crippen molar-refractivity contribution in [1.29, 1.82) is 0 Å². The fraction of sp³-hybridized carbons (Fsp3) is 0.233. The highest BCUT2D eigenvalue weighted by molar-refractivity contribution is 9.10. The maximum absolute atomic E-state index is 13.2. The Morgan fingerprint density at radius 1 is 0.829 bits per heavy atom. The minimum atomic E-state index is -0.204. The Morgan fingerprint density at radius 3 is 2.14 bits per heavy atom. The van der Waals surface area contributed by atoms with E-state index in [0.29, 0.717) is 24.8 Å². The van der Waals surface area contributed by atoms with Crippen LogP contribution in [0.3, 0.4) is 0 Å². The first kappa shape index (κ1) is 25.0. The van der Waals surface area contributed by atoms with Gasteiger partial charge in [0.2, 0.25) is 0 Å². The van der Waals surface area contributed by atoms with E-state index in [-0.39, 0.29) is 11.9 Å². The lowest BCUT2D eigenvalue weighted by atomic mass is 9.99. The highest BCUT2D eigenvalue weighted by atomic mass is 79.9. The van der Waals surface area contributed by atoms with Crippen molar-refractivity contribution in [3.63, 3.8) is 0 Å². The summed E-state index contributed by atoms with van der Waals surface area (Å²) < 4.78 is 7.08. The fourth-order valence-electron chi connectivity index (χ4n) is 4.05. The van der Waals surface area contributed by atoms with Crippen molar-refractivity contribution in [3.05, 3.63) is 130 Å². The fourth-order valence-corrected chi connectivity index (χ4v) is 4.31. The van der Waals surface area contributed by atoms with E-state index < -0.39 is 0 Å². The normalized spacial score (nSPS) is 12.1. The summed E-state index contributed by atoms with van der Waals surface area (Å²) in [5.41, 5.74) is 3.47. The second kappa shape index (κ2) is 12.0. The van der Waals surface area contributed by atoms with Crippen LogP contribution in [0.5, 0.6) is 0 Å². The van der Waals surface area contributed by atoms with Crippen molar-refractivity contribution in [2.24, 2.45) is 0 Å². The first-order valence-corrected chi connectivity index (χ1v) is 12.7. The van der Waals surface area contributed by atoms with E-state index in [1.165, 1.54) is 11.1 Å². The molecule has 1 unspecified atom stereocenters. The molecule has 0 radical (unpaired) electrons. The van der Waals surface area contributed by atoms with Gasteiger partial charge in [-0.2, -0.15) is 0 Å². The van der Waals surface area contributed by atoms with Crippen molar-refractivity contribution in [2.45, 2.75) is 45.4 Å². The maximum atomic E-state index is 13.2. The lowest BCUT2D eigenvalue weighted by Crippen LogP contribution is -2.30. The van der Waals surface area contributed by atoms with E-state index in [1.807, 2.05) is 54.6 Å². The van der Waals surface area contributed by atoms with E-state index in [4.69, 9.17) is 4.42 Å². The number of furan rings is 1. The molecule has 3 aromatic carbocycles. The topological polar surface area (TPSA) is 45.5 Å². The van der Waals surface area contributed by atoms with Crippen LogP contribution in [0.25, 0.3) is 0 Å². The maximum Gasteiger partial charge on any atom is 0.287 e. The summed E-state index contributed by atoms with van der Waals surface area (Å²) in [5.74, 6) is 0.909. The van der Waals surface area contributed by atoms with Gasteiger partial charge in [-0.15, -0.1) is 0 Å². The Bertz CT molecular complexity index is 1200. The van der Waals surface area contributed by atoms with Gasteiger partial charge < -0.3 is 9.73 Å². The standard InChI is InChI=1S/C30H31BrN2O2/c1-22(2)33(20-24-13-15-26(31)16-14-24)21-27-17-18-29(35-27)30(34)32-28(25-11-7-4-8-12-25)19-23-9-5-3-6-10-23/h3-18,22,28H,19-21H2,1-2H3,(H,32,34). The number of hydrogen-bond acceptors (Lipinski definition) is 3. The Morgan fingerprint density at radius 2 is 1.49 bits per heavy atom. The van der Waals surface area contributed by atoms with Gasteiger partial charge >= 0.3 is 0 Å². The zero-order chi connectivity index (χ0) is 24.6. The molecule has 0 aliphatic rings. The van der Waals surface area contributed by atoms with Gasteiger partial charge in [0.1, 0.15) is 5.76 Å². The molecule has 1 aromatic heterocycles. The monoisotopic (exact) mass is 530 g/mol. The Kier molecular flexibility index (Phi) is 8.56. The molecule has 0 bridgehead atoms. The molecule has 0 aliphatic carbocycles. The largest absolute Gasteiger partial charge is 0.455 e. The second-order valence-corrected chi connectivity index (χ2v) is 9.93. The molecule has 5 heteroatoms. The number of halogens is 1. The van der Waals surface area contributed by atoms with Crippen LogP contribution >= 0.6 is 15.9 Å². The minimum absolute atomic E-state index is 0.149. The predicted octanol–water partition coefficient (Wildman–Crippen LogP) is 7.17. The molecule has 1 amide bonds. The molecule has 4 nitrogen and oxygen atoms in total. The van der Waals surface area contributed by atoms with Gasteiger partial charge in [0.25, 0.3) is 5.91 Å². The average Bonchev–Trinajstić information content (AvgIpc) is 3.34. The van der Waals surface area contributed by atoms with E-state index in [1.54, 1.807) is 6.07 Å². The van der Waals surface area contributed by atoms with Crippen LogP contribution in [0.15, 0.2) is 106 Å². The van der Waals surface area contributed by atoms with Crippen LogP contribution in [-0.4, -0.2) is 16.8 Å². The molecule has 0 spiro atoms. The van der Waals surface area contributed by atoms with Crippen LogP contribution in [0.1, 0.15) is 52.9 Å². The van der Waals surface area contributed by atoms with E-state index in [2.05, 4.69) is 76.4 Å². The van der Waals surface area contributed by atoms with Crippen LogP contribution in [0.2, 0.25) is 0 Å². The third-order valence-electron chi connectivity index (χ3n) is 6.06. The van der Waals surface area contributed by atoms with Crippen LogP contribution in [0.4, 0.5) is 0 Å². The lowest BCUT2D eigenvalue weighted by molar-refractivity contribution is 0.0903. The summed E-state index contributed by atoms with van der Waals surface area (Å²) in [6.07, 6.45) is 0.707. The van der Waals surface area contributed by atoms with Gasteiger partial charge in [0.05, 0.1) is 12.6 Å². The summed E-state index contributed by atoms with van der Waals surface area (Å²) in [7, 11) is 0. The molecular weight excluding hydrogens is 500 g/mol. The molecule has 1 heterocycles. The molecule has 35 heavy (non-hydrogen) atoms. The molecular formula is C30H31BrN2O2. The van der Waals surface area contributed by atoms with Crippen molar-refractivity contribution in [3.8, 4) is 0 Å². The van der Waals surface area contributed by atoms with E-state index in [9.17, 15) is 4.79 Å². The minimum Gasteiger partial charge on any atom is -0.455 e. The smallest absolute Gasteiger partial charge is 0.287 e. The van der Waals surface area contributed by atoms with Crippen LogP contribution in [0, 0.1) is 0 Å². The summed E-state index contributed by atoms with van der Waals surface area (Å²) in [5, 5.41) is 3.18. The summed E-state index contributed by atoms with van der Waals surface area (Å²) in [4.78, 5) is 15.5. The third-order valence-corrected chi connectivity index (χ3v) is 6.59. The number of carbonyl (C=O) groups excluding carboxylic acids is 1. The number of carbonyl (C=O) groups is 1. The molecule has 180 valence electrons. The third kappa shape index (κ3) is 7.17. The molecule has 0 fully saturated rings. The van der Waals surface area contributed by atoms with Crippen molar-refractivity contribution in [2.75, 3.05) is 0 Å². The second-order valence-electron chi connectivity index (χ2n) is 9.02. The number of hydrogen-bond donors (Lipinski definition) is 1. The molecule has 1 atom stereocenters. The molecule has 0 saturated carbocycles. The number of benzene rings is 3. The number of nitrogens with zero attached hydrogens (tertiary/aromatic N) is 1. The molecule has 4 aromatic rings. The highest BCUT2D eigenvalue weighted by Crippen LogP contribution is 2.21. The Balaban J connectivity index is 1.45. The van der Waals surface area contributed by atoms with Gasteiger partial charge in [-0.05, 0) is 61.2 Å². The molecule has 1 N–H and O–H groups in total. The van der Waals surface area contributed by atoms with Gasteiger partial charge in [-0.25, -0.2) is 0 Å². The van der Waals surface area contributed by atoms with Crippen molar-refractivity contribution in [1.82, 2.24) is 10.2 Å². The molecule has 0 saturated heterocycles. The van der Waals surface area contributed by atoms with Crippen LogP contribution < -0.4 is 5.32 Å². The highest BCUT2D eigenvalue weighted by Gasteiger charge is 2.20. The quantitative estimate of drug-likeness (QED) is 0.236. The first-order chi connectivity index (χ1) is 17.0. The summed E-state index contributed by atoms with van der Waals surface area (Å²) in [6, 6.07) is 32.5.